The lowest BCUT2D eigenvalue weighted by Crippen LogP contribution is -2.37. The largest absolute Gasteiger partial charge is 0.451 e. The van der Waals surface area contributed by atoms with Crippen molar-refractivity contribution < 1.29 is 31.1 Å². The van der Waals surface area contributed by atoms with Crippen molar-refractivity contribution in [1.29, 1.82) is 0 Å². The Hall–Kier alpha value is -3.50. The molecule has 0 saturated carbocycles. The molecule has 1 aliphatic rings. The highest BCUT2D eigenvalue weighted by atomic mass is 19.4. The molecule has 3 aromatic rings. The molecular formula is C25H22F6N4O. The van der Waals surface area contributed by atoms with Crippen LogP contribution >= 0.6 is 0 Å². The first-order chi connectivity index (χ1) is 17.0. The smallest absolute Gasteiger partial charge is 0.346 e. The molecule has 0 bridgehead atoms. The number of hydrogen-bond acceptors (Lipinski definition) is 5. The second kappa shape index (κ2) is 10.2. The molecule has 11 heteroatoms. The summed E-state index contributed by atoms with van der Waals surface area (Å²) in [6.45, 7) is 0.366. The minimum Gasteiger partial charge on any atom is -0.346 e. The Bertz CT molecular complexity index is 1200. The van der Waals surface area contributed by atoms with Crippen molar-refractivity contribution in [2.45, 2.75) is 50.5 Å². The Labute approximate surface area is 203 Å². The summed E-state index contributed by atoms with van der Waals surface area (Å²) in [5, 5.41) is 0. The van der Waals surface area contributed by atoms with Gasteiger partial charge in [-0.05, 0) is 55.5 Å². The molecule has 0 aliphatic carbocycles. The normalized spacial score (nSPS) is 16.4. The zero-order valence-electron chi connectivity index (χ0n) is 19.0. The summed E-state index contributed by atoms with van der Waals surface area (Å²) in [6.07, 6.45) is -5.69. The van der Waals surface area contributed by atoms with Gasteiger partial charge in [-0.25, -0.2) is 9.97 Å². The summed E-state index contributed by atoms with van der Waals surface area (Å²) in [5.74, 6) is -1.44. The first-order valence-electron chi connectivity index (χ1n) is 11.4. The number of carbonyl (C=O) groups excluding carboxylic acids is 1. The lowest BCUT2D eigenvalue weighted by molar-refractivity contribution is -0.144. The van der Waals surface area contributed by atoms with E-state index in [1.807, 2.05) is 0 Å². The summed E-state index contributed by atoms with van der Waals surface area (Å²) < 4.78 is 78.7. The van der Waals surface area contributed by atoms with E-state index in [0.29, 0.717) is 37.8 Å². The van der Waals surface area contributed by atoms with Crippen molar-refractivity contribution in [3.05, 3.63) is 71.7 Å². The number of anilines is 1. The van der Waals surface area contributed by atoms with Gasteiger partial charge in [-0.1, -0.05) is 18.2 Å². The zero-order chi connectivity index (χ0) is 25.9. The third-order valence-electron chi connectivity index (χ3n) is 5.98. The number of alkyl halides is 6. The van der Waals surface area contributed by atoms with Gasteiger partial charge in [0, 0.05) is 25.2 Å². The molecule has 1 saturated heterocycles. The molecule has 1 atom stereocenters. The lowest BCUT2D eigenvalue weighted by atomic mass is 10.0. The minimum atomic E-state index is -4.78. The molecule has 5 nitrogen and oxygen atoms in total. The minimum absolute atomic E-state index is 0.00771. The fourth-order valence-electron chi connectivity index (χ4n) is 4.22. The number of pyridine rings is 1. The van der Waals surface area contributed by atoms with Crippen LogP contribution in [-0.4, -0.2) is 33.3 Å². The van der Waals surface area contributed by atoms with Crippen LogP contribution in [0.2, 0.25) is 0 Å². The maximum Gasteiger partial charge on any atom is 0.451 e. The molecule has 1 aliphatic heterocycles. The third kappa shape index (κ3) is 6.00. The monoisotopic (exact) mass is 508 g/mol. The SMILES string of the molecule is O=C(CCCc1ccc(C(F)(F)F)cc1)[C@@H]1CCCN1c1cc(-c2ccccn2)nc(C(F)(F)F)n1. The Morgan fingerprint density at radius 1 is 0.944 bits per heavy atom. The molecule has 0 N–H and O–H groups in total. The van der Waals surface area contributed by atoms with Crippen LogP contribution in [0.5, 0.6) is 0 Å². The van der Waals surface area contributed by atoms with E-state index in [4.69, 9.17) is 0 Å². The van der Waals surface area contributed by atoms with Crippen LogP contribution in [0.4, 0.5) is 32.2 Å². The number of hydrogen-bond donors (Lipinski definition) is 0. The predicted molar refractivity (Wildman–Crippen MR) is 120 cm³/mol. The van der Waals surface area contributed by atoms with Gasteiger partial charge in [0.15, 0.2) is 5.78 Å². The Kier molecular flexibility index (Phi) is 7.28. The fraction of sp³-hybridized carbons (Fsp3) is 0.360. The van der Waals surface area contributed by atoms with E-state index < -0.39 is 29.8 Å². The topological polar surface area (TPSA) is 59.0 Å². The molecule has 1 fully saturated rings. The molecule has 4 rings (SSSR count). The fourth-order valence-corrected chi connectivity index (χ4v) is 4.22. The average molecular weight is 508 g/mol. The highest BCUT2D eigenvalue weighted by Crippen LogP contribution is 2.33. The first-order valence-corrected chi connectivity index (χ1v) is 11.4. The van der Waals surface area contributed by atoms with Gasteiger partial charge >= 0.3 is 12.4 Å². The van der Waals surface area contributed by atoms with Crippen molar-refractivity contribution in [2.75, 3.05) is 11.4 Å². The van der Waals surface area contributed by atoms with E-state index in [2.05, 4.69) is 15.0 Å². The molecule has 1 aromatic carbocycles. The lowest BCUT2D eigenvalue weighted by Gasteiger charge is -2.25. The van der Waals surface area contributed by atoms with Crippen LogP contribution in [0, 0.1) is 0 Å². The molecule has 0 unspecified atom stereocenters. The molecule has 190 valence electrons. The number of Topliss-reactive ketones (excluding diaryl/α,β-unsaturated/α-hetero) is 1. The molecule has 36 heavy (non-hydrogen) atoms. The van der Waals surface area contributed by atoms with Gasteiger partial charge < -0.3 is 4.90 Å². The Morgan fingerprint density at radius 3 is 2.33 bits per heavy atom. The number of nitrogens with zero attached hydrogens (tertiary/aromatic N) is 4. The summed E-state index contributed by atoms with van der Waals surface area (Å²) in [7, 11) is 0. The van der Waals surface area contributed by atoms with Crippen molar-refractivity contribution >= 4 is 11.6 Å². The summed E-state index contributed by atoms with van der Waals surface area (Å²) >= 11 is 0. The number of aromatic nitrogens is 3. The maximum atomic E-state index is 13.5. The van der Waals surface area contributed by atoms with Gasteiger partial charge in [0.2, 0.25) is 5.82 Å². The first kappa shape index (κ1) is 25.6. The summed E-state index contributed by atoms with van der Waals surface area (Å²) in [6, 6.07) is 10.4. The van der Waals surface area contributed by atoms with E-state index in [-0.39, 0.29) is 29.4 Å². The molecule has 0 radical (unpaired) electrons. The van der Waals surface area contributed by atoms with Gasteiger partial charge in [-0.15, -0.1) is 0 Å². The second-order valence-electron chi connectivity index (χ2n) is 8.51. The van der Waals surface area contributed by atoms with Crippen LogP contribution < -0.4 is 4.90 Å². The Morgan fingerprint density at radius 2 is 1.69 bits per heavy atom. The standard InChI is InChI=1S/C25H22F6N4O/c26-24(27,28)17-11-9-16(10-12-17)5-3-8-21(36)20-7-4-14-35(20)22-15-19(18-6-1-2-13-32-18)33-23(34-22)25(29,30)31/h1-2,6,9-13,15,20H,3-5,7-8,14H2/t20-/m0/s1. The highest BCUT2D eigenvalue weighted by Gasteiger charge is 2.38. The van der Waals surface area contributed by atoms with Crippen LogP contribution in [0.15, 0.2) is 54.7 Å². The molecule has 0 amide bonds. The predicted octanol–water partition coefficient (Wildman–Crippen LogP) is 6.14. The third-order valence-corrected chi connectivity index (χ3v) is 5.98. The molecule has 2 aromatic heterocycles. The van der Waals surface area contributed by atoms with Gasteiger partial charge in [0.05, 0.1) is 23.0 Å². The van der Waals surface area contributed by atoms with Gasteiger partial charge in [-0.2, -0.15) is 26.3 Å². The number of halogens is 6. The summed E-state index contributed by atoms with van der Waals surface area (Å²) in [4.78, 5) is 26.0. The van der Waals surface area contributed by atoms with Crippen molar-refractivity contribution in [3.8, 4) is 11.4 Å². The van der Waals surface area contributed by atoms with Crippen LogP contribution in [0.1, 0.15) is 42.6 Å². The van der Waals surface area contributed by atoms with Crippen LogP contribution in [0.25, 0.3) is 11.4 Å². The number of carbonyl (C=O) groups is 1. The summed E-state index contributed by atoms with van der Waals surface area (Å²) in [5.41, 5.74) is 0.195. The van der Waals surface area contributed by atoms with E-state index in [1.165, 1.54) is 24.4 Å². The van der Waals surface area contributed by atoms with Crippen molar-refractivity contribution in [3.63, 3.8) is 0 Å². The quantitative estimate of drug-likeness (QED) is 0.359. The highest BCUT2D eigenvalue weighted by molar-refractivity contribution is 5.87. The van der Waals surface area contributed by atoms with Crippen LogP contribution in [0.3, 0.4) is 0 Å². The van der Waals surface area contributed by atoms with E-state index in [9.17, 15) is 31.1 Å². The van der Waals surface area contributed by atoms with Crippen molar-refractivity contribution in [1.82, 2.24) is 15.0 Å². The number of rotatable bonds is 7. The van der Waals surface area contributed by atoms with Gasteiger partial charge in [-0.3, -0.25) is 9.78 Å². The number of benzene rings is 1. The number of aryl methyl sites for hydroxylation is 1. The average Bonchev–Trinajstić information content (AvgIpc) is 3.34. The van der Waals surface area contributed by atoms with Crippen LogP contribution in [-0.2, 0) is 23.6 Å². The van der Waals surface area contributed by atoms with E-state index in [1.54, 1.807) is 23.1 Å². The van der Waals surface area contributed by atoms with E-state index in [0.717, 1.165) is 12.1 Å². The maximum absolute atomic E-state index is 13.5. The molecule has 3 heterocycles. The zero-order valence-corrected chi connectivity index (χ0v) is 19.0. The molecular weight excluding hydrogens is 486 g/mol. The van der Waals surface area contributed by atoms with Gasteiger partial charge in [0.25, 0.3) is 0 Å². The van der Waals surface area contributed by atoms with E-state index >= 15 is 0 Å². The van der Waals surface area contributed by atoms with Gasteiger partial charge in [0.1, 0.15) is 5.82 Å². The second-order valence-corrected chi connectivity index (χ2v) is 8.51. The number of ketones is 1. The Balaban J connectivity index is 1.48. The van der Waals surface area contributed by atoms with Crippen molar-refractivity contribution in [2.24, 2.45) is 0 Å². The molecule has 0 spiro atoms.